The molecule has 27 heavy (non-hydrogen) atoms. The third-order valence-corrected chi connectivity index (χ3v) is 4.82. The number of amides is 1. The summed E-state index contributed by atoms with van der Waals surface area (Å²) in [6.07, 6.45) is 5.40. The summed E-state index contributed by atoms with van der Waals surface area (Å²) in [4.78, 5) is 17.0. The second-order valence-corrected chi connectivity index (χ2v) is 7.01. The van der Waals surface area contributed by atoms with Crippen molar-refractivity contribution in [2.24, 2.45) is 7.05 Å². The topological polar surface area (TPSA) is 46.9 Å². The number of fused-ring (bicyclic) bond motifs is 1. The van der Waals surface area contributed by atoms with Gasteiger partial charge in [-0.05, 0) is 42.6 Å². The number of aryl methyl sites for hydroxylation is 2. The quantitative estimate of drug-likeness (QED) is 0.517. The predicted molar refractivity (Wildman–Crippen MR) is 110 cm³/mol. The van der Waals surface area contributed by atoms with E-state index in [-0.39, 0.29) is 5.91 Å². The molecule has 1 N–H and O–H groups in total. The van der Waals surface area contributed by atoms with Crippen molar-refractivity contribution in [3.8, 4) is 11.3 Å². The summed E-state index contributed by atoms with van der Waals surface area (Å²) in [5, 5.41) is 5.65. The molecule has 0 aliphatic rings. The maximum Gasteiger partial charge on any atom is 0.257 e. The monoisotopic (exact) mass is 375 g/mol. The second-order valence-electron chi connectivity index (χ2n) is 6.60. The SMILES string of the molecule is Cc1ccc2c(-c3cc(NC(=O)c4ccn(C)c4)ccc3Cl)nccc2c1. The van der Waals surface area contributed by atoms with E-state index in [4.69, 9.17) is 11.6 Å². The smallest absolute Gasteiger partial charge is 0.257 e. The number of pyridine rings is 1. The zero-order valence-corrected chi connectivity index (χ0v) is 15.8. The van der Waals surface area contributed by atoms with Gasteiger partial charge >= 0.3 is 0 Å². The minimum atomic E-state index is -0.162. The number of carbonyl (C=O) groups is 1. The van der Waals surface area contributed by atoms with Gasteiger partial charge in [0.25, 0.3) is 5.91 Å². The summed E-state index contributed by atoms with van der Waals surface area (Å²) in [7, 11) is 1.88. The molecule has 4 rings (SSSR count). The molecule has 134 valence electrons. The Morgan fingerprint density at radius 3 is 2.74 bits per heavy atom. The Labute approximate surface area is 162 Å². The fourth-order valence-electron chi connectivity index (χ4n) is 3.14. The van der Waals surface area contributed by atoms with E-state index in [1.165, 1.54) is 5.56 Å². The fraction of sp³-hybridized carbons (Fsp3) is 0.0909. The van der Waals surface area contributed by atoms with Crippen molar-refractivity contribution in [3.05, 3.63) is 83.3 Å². The first-order valence-corrected chi connectivity index (χ1v) is 8.98. The molecular weight excluding hydrogens is 358 g/mol. The molecule has 0 aliphatic heterocycles. The van der Waals surface area contributed by atoms with Gasteiger partial charge in [-0.3, -0.25) is 9.78 Å². The number of hydrogen-bond donors (Lipinski definition) is 1. The Morgan fingerprint density at radius 1 is 1.11 bits per heavy atom. The summed E-state index contributed by atoms with van der Waals surface area (Å²) >= 11 is 6.46. The van der Waals surface area contributed by atoms with E-state index in [1.54, 1.807) is 30.6 Å². The van der Waals surface area contributed by atoms with Crippen LogP contribution in [0.25, 0.3) is 22.0 Å². The molecule has 2 heterocycles. The van der Waals surface area contributed by atoms with E-state index in [0.29, 0.717) is 16.3 Å². The molecular formula is C22H18ClN3O. The average molecular weight is 376 g/mol. The van der Waals surface area contributed by atoms with E-state index in [2.05, 4.69) is 35.4 Å². The normalized spacial score (nSPS) is 10.9. The summed E-state index contributed by atoms with van der Waals surface area (Å²) in [6, 6.07) is 15.4. The van der Waals surface area contributed by atoms with E-state index >= 15 is 0 Å². The zero-order chi connectivity index (χ0) is 19.0. The number of halogens is 1. The first-order chi connectivity index (χ1) is 13.0. The third-order valence-electron chi connectivity index (χ3n) is 4.49. The largest absolute Gasteiger partial charge is 0.356 e. The Hall–Kier alpha value is -3.11. The highest BCUT2D eigenvalue weighted by Crippen LogP contribution is 2.34. The van der Waals surface area contributed by atoms with Gasteiger partial charge in [0.1, 0.15) is 0 Å². The molecule has 0 atom stereocenters. The molecule has 4 aromatic rings. The van der Waals surface area contributed by atoms with E-state index in [1.807, 2.05) is 29.9 Å². The van der Waals surface area contributed by atoms with E-state index < -0.39 is 0 Å². The molecule has 0 saturated heterocycles. The van der Waals surface area contributed by atoms with Crippen molar-refractivity contribution in [2.45, 2.75) is 6.92 Å². The van der Waals surface area contributed by atoms with Crippen LogP contribution in [0.5, 0.6) is 0 Å². The van der Waals surface area contributed by atoms with Crippen LogP contribution in [0.2, 0.25) is 5.02 Å². The molecule has 0 saturated carbocycles. The molecule has 2 aromatic carbocycles. The maximum absolute atomic E-state index is 12.4. The van der Waals surface area contributed by atoms with Gasteiger partial charge in [0.15, 0.2) is 0 Å². The van der Waals surface area contributed by atoms with Crippen molar-refractivity contribution < 1.29 is 4.79 Å². The van der Waals surface area contributed by atoms with Gasteiger partial charge in [-0.1, -0.05) is 35.4 Å². The first kappa shape index (κ1) is 17.3. The second kappa shape index (κ2) is 6.89. The van der Waals surface area contributed by atoms with Gasteiger partial charge in [0, 0.05) is 42.3 Å². The first-order valence-electron chi connectivity index (χ1n) is 8.60. The van der Waals surface area contributed by atoms with Gasteiger partial charge in [-0.2, -0.15) is 0 Å². The molecule has 0 bridgehead atoms. The maximum atomic E-state index is 12.4. The highest BCUT2D eigenvalue weighted by Gasteiger charge is 2.13. The van der Waals surface area contributed by atoms with E-state index in [9.17, 15) is 4.79 Å². The molecule has 5 heteroatoms. The van der Waals surface area contributed by atoms with Gasteiger partial charge < -0.3 is 9.88 Å². The third kappa shape index (κ3) is 3.44. The Morgan fingerprint density at radius 2 is 1.96 bits per heavy atom. The van der Waals surface area contributed by atoms with E-state index in [0.717, 1.165) is 22.0 Å². The molecule has 4 nitrogen and oxygen atoms in total. The number of rotatable bonds is 3. The summed E-state index contributed by atoms with van der Waals surface area (Å²) in [5.74, 6) is -0.162. The number of hydrogen-bond acceptors (Lipinski definition) is 2. The summed E-state index contributed by atoms with van der Waals surface area (Å²) in [6.45, 7) is 2.06. The Bertz CT molecular complexity index is 1160. The van der Waals surface area contributed by atoms with Crippen molar-refractivity contribution in [1.82, 2.24) is 9.55 Å². The van der Waals surface area contributed by atoms with Crippen LogP contribution in [0, 0.1) is 6.92 Å². The van der Waals surface area contributed by atoms with Crippen LogP contribution in [0.15, 0.2) is 67.1 Å². The predicted octanol–water partition coefficient (Wildman–Crippen LogP) is 5.45. The lowest BCUT2D eigenvalue weighted by atomic mass is 10.0. The molecule has 1 amide bonds. The van der Waals surface area contributed by atoms with Gasteiger partial charge in [0.05, 0.1) is 16.3 Å². The lowest BCUT2D eigenvalue weighted by Crippen LogP contribution is -2.11. The fourth-order valence-corrected chi connectivity index (χ4v) is 3.34. The van der Waals surface area contributed by atoms with Crippen LogP contribution in [0.1, 0.15) is 15.9 Å². The van der Waals surface area contributed by atoms with Crippen molar-refractivity contribution in [1.29, 1.82) is 0 Å². The Balaban J connectivity index is 1.74. The van der Waals surface area contributed by atoms with Crippen LogP contribution >= 0.6 is 11.6 Å². The number of carbonyl (C=O) groups excluding carboxylic acids is 1. The van der Waals surface area contributed by atoms with Crippen molar-refractivity contribution in [2.75, 3.05) is 5.32 Å². The molecule has 0 radical (unpaired) electrons. The number of anilines is 1. The average Bonchev–Trinajstić information content (AvgIpc) is 3.09. The lowest BCUT2D eigenvalue weighted by Gasteiger charge is -2.11. The molecule has 0 aliphatic carbocycles. The molecule has 0 unspecified atom stereocenters. The van der Waals surface area contributed by atoms with Crippen LogP contribution < -0.4 is 5.32 Å². The Kier molecular flexibility index (Phi) is 4.42. The van der Waals surface area contributed by atoms with Crippen LogP contribution in [-0.4, -0.2) is 15.5 Å². The zero-order valence-electron chi connectivity index (χ0n) is 15.0. The lowest BCUT2D eigenvalue weighted by molar-refractivity contribution is 0.102. The minimum Gasteiger partial charge on any atom is -0.356 e. The molecule has 2 aromatic heterocycles. The number of benzene rings is 2. The summed E-state index contributed by atoms with van der Waals surface area (Å²) in [5.41, 5.74) is 4.06. The standard InChI is InChI=1S/C22H18ClN3O/c1-14-3-5-18-15(11-14)7-9-24-21(18)19-12-17(4-6-20(19)23)25-22(27)16-8-10-26(2)13-16/h3-13H,1-2H3,(H,25,27). The van der Waals surface area contributed by atoms with Gasteiger partial charge in [-0.25, -0.2) is 0 Å². The highest BCUT2D eigenvalue weighted by atomic mass is 35.5. The van der Waals surface area contributed by atoms with Crippen LogP contribution in [-0.2, 0) is 7.05 Å². The summed E-state index contributed by atoms with van der Waals surface area (Å²) < 4.78 is 1.84. The highest BCUT2D eigenvalue weighted by molar-refractivity contribution is 6.33. The van der Waals surface area contributed by atoms with Crippen LogP contribution in [0.4, 0.5) is 5.69 Å². The molecule has 0 spiro atoms. The van der Waals surface area contributed by atoms with Crippen LogP contribution in [0.3, 0.4) is 0 Å². The number of aromatic nitrogens is 2. The minimum absolute atomic E-state index is 0.162. The number of nitrogens with zero attached hydrogens (tertiary/aromatic N) is 2. The number of nitrogens with one attached hydrogen (secondary N) is 1. The molecule has 0 fully saturated rings. The van der Waals surface area contributed by atoms with Gasteiger partial charge in [-0.15, -0.1) is 0 Å². The van der Waals surface area contributed by atoms with Gasteiger partial charge in [0.2, 0.25) is 0 Å². The van der Waals surface area contributed by atoms with Crippen molar-refractivity contribution in [3.63, 3.8) is 0 Å². The van der Waals surface area contributed by atoms with Crippen molar-refractivity contribution >= 4 is 34.0 Å².